The summed E-state index contributed by atoms with van der Waals surface area (Å²) in [6.45, 7) is 2.03. The van der Waals surface area contributed by atoms with E-state index in [1.807, 2.05) is 48.5 Å². The van der Waals surface area contributed by atoms with Crippen LogP contribution < -0.4 is 5.32 Å². The Balaban J connectivity index is 1.50. The molecule has 0 radical (unpaired) electrons. The van der Waals surface area contributed by atoms with Crippen LogP contribution in [0.2, 0.25) is 0 Å². The zero-order valence-electron chi connectivity index (χ0n) is 31.1. The van der Waals surface area contributed by atoms with E-state index in [0.29, 0.717) is 11.1 Å². The summed E-state index contributed by atoms with van der Waals surface area (Å²) >= 11 is 17.6. The summed E-state index contributed by atoms with van der Waals surface area (Å²) in [5.41, 5.74) is 2.79. The molecule has 1 saturated heterocycles. The number of phosphoric acid groups is 1. The van der Waals surface area contributed by atoms with Gasteiger partial charge in [-0.15, -0.1) is 6.58 Å². The van der Waals surface area contributed by atoms with Gasteiger partial charge in [-0.1, -0.05) is 162 Å². The molecule has 0 bridgehead atoms. The van der Waals surface area contributed by atoms with E-state index in [9.17, 15) is 14.2 Å². The average Bonchev–Trinajstić information content (AvgIpc) is 3.24. The van der Waals surface area contributed by atoms with Crippen molar-refractivity contribution in [2.75, 3.05) is 19.8 Å². The molecular weight excluding hydrogens is 836 g/mol. The maximum Gasteiger partial charge on any atom is 0.508 e. The molecule has 1 aliphatic heterocycles. The molecule has 1 N–H and O–H groups in total. The predicted octanol–water partition coefficient (Wildman–Crippen LogP) is 9.24. The minimum atomic E-state index is -4.61. The molecule has 58 heavy (non-hydrogen) atoms. The minimum Gasteiger partial charge on any atom is -0.445 e. The van der Waals surface area contributed by atoms with Crippen LogP contribution in [-0.2, 0) is 73.0 Å². The Morgan fingerprint density at radius 3 is 1.69 bits per heavy atom. The number of amides is 1. The molecule has 0 unspecified atom stereocenters. The van der Waals surface area contributed by atoms with E-state index in [-0.39, 0.29) is 33.0 Å². The second-order valence-corrected chi connectivity index (χ2v) is 16.8. The normalized spacial score (nSPS) is 19.5. The number of nitrogens with one attached hydrogen (secondary N) is 1. The summed E-state index contributed by atoms with van der Waals surface area (Å²) < 4.78 is 66.1. The Morgan fingerprint density at radius 1 is 0.690 bits per heavy atom. The summed E-state index contributed by atoms with van der Waals surface area (Å²) in [6.07, 6.45) is -6.01. The number of rotatable bonds is 20. The van der Waals surface area contributed by atoms with Gasteiger partial charge in [0, 0.05) is 0 Å². The number of carbonyl (C=O) groups excluding carboxylic acids is 2. The summed E-state index contributed by atoms with van der Waals surface area (Å²) in [6, 6.07) is 34.8. The zero-order chi connectivity index (χ0) is 41.2. The van der Waals surface area contributed by atoms with Gasteiger partial charge in [0.25, 0.3) is 0 Å². The number of hydrogen-bond acceptors (Lipinski definition) is 12. The van der Waals surface area contributed by atoms with Crippen LogP contribution in [-0.4, -0.2) is 66.5 Å². The molecule has 5 rings (SSSR count). The number of carbonyl (C=O) groups is 2. The van der Waals surface area contributed by atoms with Gasteiger partial charge in [-0.25, -0.2) is 14.2 Å². The van der Waals surface area contributed by atoms with Crippen LogP contribution in [0.15, 0.2) is 134 Å². The van der Waals surface area contributed by atoms with Gasteiger partial charge < -0.3 is 33.7 Å². The molecule has 310 valence electrons. The lowest BCUT2D eigenvalue weighted by Gasteiger charge is -2.46. The first-order chi connectivity index (χ1) is 28.0. The highest BCUT2D eigenvalue weighted by Crippen LogP contribution is 2.54. The molecule has 1 amide bonds. The van der Waals surface area contributed by atoms with E-state index in [0.717, 1.165) is 11.1 Å². The first-order valence-electron chi connectivity index (χ1n) is 18.0. The number of hydrogen-bond donors (Lipinski definition) is 1. The lowest BCUT2D eigenvalue weighted by Crippen LogP contribution is -2.66. The lowest BCUT2D eigenvalue weighted by atomic mass is 9.96. The molecule has 4 aromatic carbocycles. The van der Waals surface area contributed by atoms with E-state index in [4.69, 9.17) is 76.8 Å². The Kier molecular flexibility index (Phi) is 17.9. The first-order valence-corrected chi connectivity index (χ1v) is 20.6. The predicted molar refractivity (Wildman–Crippen MR) is 216 cm³/mol. The van der Waals surface area contributed by atoms with Gasteiger partial charge in [0.05, 0.1) is 26.4 Å². The third-order valence-corrected chi connectivity index (χ3v) is 9.96. The van der Waals surface area contributed by atoms with E-state index < -0.39 is 67.7 Å². The summed E-state index contributed by atoms with van der Waals surface area (Å²) in [4.78, 5) is 26.2. The van der Waals surface area contributed by atoms with Crippen molar-refractivity contribution in [1.82, 2.24) is 5.32 Å². The van der Waals surface area contributed by atoms with Crippen molar-refractivity contribution in [3.63, 3.8) is 0 Å². The van der Waals surface area contributed by atoms with Crippen molar-refractivity contribution in [2.45, 2.75) is 60.9 Å². The zero-order valence-corrected chi connectivity index (χ0v) is 34.3. The van der Waals surface area contributed by atoms with Gasteiger partial charge in [0.2, 0.25) is 3.79 Å². The van der Waals surface area contributed by atoms with Crippen molar-refractivity contribution in [3.05, 3.63) is 156 Å². The second kappa shape index (κ2) is 23.0. The van der Waals surface area contributed by atoms with Crippen LogP contribution >= 0.6 is 42.6 Å². The highest BCUT2D eigenvalue weighted by Gasteiger charge is 2.52. The number of ether oxygens (including phenoxy) is 6. The summed E-state index contributed by atoms with van der Waals surface area (Å²) in [5, 5.41) is 2.66. The molecule has 0 saturated carbocycles. The van der Waals surface area contributed by atoms with Crippen molar-refractivity contribution >= 4 is 54.9 Å². The SMILES string of the molecule is C=CCO[C@H]1O[C@H](COC(=O)OCc2ccccc2)[C@@H](OP(=O)(OCc2ccccc2)OCc2ccccc2)[C@H](OCc2ccccc2)[C@H]1NC(=O)OCC(Cl)(Cl)Cl. The van der Waals surface area contributed by atoms with Crippen LogP contribution in [0.25, 0.3) is 0 Å². The smallest absolute Gasteiger partial charge is 0.445 e. The maximum atomic E-state index is 14.9. The van der Waals surface area contributed by atoms with Crippen molar-refractivity contribution in [2.24, 2.45) is 0 Å². The first kappa shape index (κ1) is 45.1. The van der Waals surface area contributed by atoms with Gasteiger partial charge in [-0.05, 0) is 22.3 Å². The highest BCUT2D eigenvalue weighted by atomic mass is 35.6. The van der Waals surface area contributed by atoms with Crippen molar-refractivity contribution in [1.29, 1.82) is 0 Å². The standard InChI is InChI=1S/C41H43Cl3NO12P/c1-2-23-49-38-35(45-39(46)53-29-41(42,43)44)37(50-24-30-15-7-3-8-16-30)36(34(56-38)28-52-40(47)51-25-31-17-9-4-10-18-31)57-58(48,54-26-32-19-11-5-12-20-32)55-27-33-21-13-6-14-22-33/h2-22,34-38H,1,23-29H2,(H,45,46)/t34-,35-,36-,37-,38+/m1/s1. The Hall–Kier alpha value is -3.98. The van der Waals surface area contributed by atoms with Crippen molar-refractivity contribution < 1.29 is 56.1 Å². The molecule has 4 aromatic rings. The molecule has 0 aliphatic carbocycles. The molecule has 1 aliphatic rings. The average molecular weight is 879 g/mol. The number of alkyl halides is 3. The molecule has 5 atom stereocenters. The topological polar surface area (TPSA) is 146 Å². The number of alkyl carbamates (subject to hydrolysis) is 1. The van der Waals surface area contributed by atoms with Gasteiger partial charge in [-0.2, -0.15) is 0 Å². The second-order valence-electron chi connectivity index (χ2n) is 12.7. The fraction of sp³-hybridized carbons (Fsp3) is 0.317. The minimum absolute atomic E-state index is 0.0480. The van der Waals surface area contributed by atoms with Crippen molar-refractivity contribution in [3.8, 4) is 0 Å². The third-order valence-electron chi connectivity index (χ3n) is 8.24. The van der Waals surface area contributed by atoms with Crippen LogP contribution in [0.1, 0.15) is 22.3 Å². The molecule has 0 aromatic heterocycles. The quantitative estimate of drug-likeness (QED) is 0.0391. The molecular formula is C41H43Cl3NO12P. The van der Waals surface area contributed by atoms with Gasteiger partial charge in [0.1, 0.15) is 44.2 Å². The van der Waals surface area contributed by atoms with E-state index >= 15 is 0 Å². The van der Waals surface area contributed by atoms with Crippen LogP contribution in [0.3, 0.4) is 0 Å². The number of phosphoric ester groups is 1. The molecule has 17 heteroatoms. The molecule has 1 fully saturated rings. The molecule has 1 heterocycles. The Bertz CT molecular complexity index is 1850. The fourth-order valence-electron chi connectivity index (χ4n) is 5.52. The Labute approximate surface area is 351 Å². The van der Waals surface area contributed by atoms with Gasteiger partial charge >= 0.3 is 20.1 Å². The van der Waals surface area contributed by atoms with Crippen LogP contribution in [0, 0.1) is 0 Å². The molecule has 13 nitrogen and oxygen atoms in total. The lowest BCUT2D eigenvalue weighted by molar-refractivity contribution is -0.273. The van der Waals surface area contributed by atoms with Crippen LogP contribution in [0.5, 0.6) is 0 Å². The van der Waals surface area contributed by atoms with E-state index in [1.54, 1.807) is 72.8 Å². The van der Waals surface area contributed by atoms with Gasteiger partial charge in [0.15, 0.2) is 6.29 Å². The Morgan fingerprint density at radius 2 is 1.19 bits per heavy atom. The largest absolute Gasteiger partial charge is 0.508 e. The van der Waals surface area contributed by atoms with E-state index in [1.165, 1.54) is 6.08 Å². The third kappa shape index (κ3) is 15.3. The van der Waals surface area contributed by atoms with Crippen LogP contribution in [0.4, 0.5) is 9.59 Å². The summed E-state index contributed by atoms with van der Waals surface area (Å²) in [7, 11) is -4.61. The maximum absolute atomic E-state index is 14.9. The fourth-order valence-corrected chi connectivity index (χ4v) is 7.05. The van der Waals surface area contributed by atoms with Gasteiger partial charge in [-0.3, -0.25) is 13.6 Å². The monoisotopic (exact) mass is 877 g/mol. The van der Waals surface area contributed by atoms with E-state index in [2.05, 4.69) is 11.9 Å². The summed E-state index contributed by atoms with van der Waals surface area (Å²) in [5.74, 6) is 0. The number of benzene rings is 4. The number of halogens is 3. The molecule has 0 spiro atoms. The highest BCUT2D eigenvalue weighted by molar-refractivity contribution is 7.48.